The van der Waals surface area contributed by atoms with E-state index < -0.39 is 13.4 Å². The summed E-state index contributed by atoms with van der Waals surface area (Å²) in [5.41, 5.74) is 2.73. The van der Waals surface area contributed by atoms with Crippen LogP contribution in [0.5, 0.6) is 0 Å². The van der Waals surface area contributed by atoms with Gasteiger partial charge in [0.1, 0.15) is 0 Å². The van der Waals surface area contributed by atoms with Gasteiger partial charge in [0.15, 0.2) is 5.85 Å². The van der Waals surface area contributed by atoms with Gasteiger partial charge in [0, 0.05) is 0 Å². The van der Waals surface area contributed by atoms with Crippen molar-refractivity contribution in [3.05, 3.63) is 34.9 Å². The van der Waals surface area contributed by atoms with E-state index in [1.54, 1.807) is 0 Å². The summed E-state index contributed by atoms with van der Waals surface area (Å²) in [7, 11) is -3.75. The normalized spacial score (nSPS) is 12.9. The van der Waals surface area contributed by atoms with Crippen LogP contribution in [0.4, 0.5) is 0 Å². The molecule has 1 unspecified atom stereocenters. The molecule has 0 heterocycles. The Labute approximate surface area is 331 Å². The molecule has 312 valence electrons. The first-order chi connectivity index (χ1) is 25.6. The summed E-state index contributed by atoms with van der Waals surface area (Å²) in [6.45, 7) is 13.8. The van der Waals surface area contributed by atoms with Crippen LogP contribution in [0.1, 0.15) is 263 Å². The first-order valence-corrected chi connectivity index (χ1v) is 24.9. The molecule has 1 atom stereocenters. The van der Waals surface area contributed by atoms with Crippen LogP contribution in [0.15, 0.2) is 18.2 Å². The number of hydrogen-bond donors (Lipinski definition) is 1. The van der Waals surface area contributed by atoms with Gasteiger partial charge in [-0.25, -0.2) is 0 Å². The van der Waals surface area contributed by atoms with Crippen LogP contribution in [0.3, 0.4) is 0 Å². The summed E-state index contributed by atoms with van der Waals surface area (Å²) in [6, 6.07) is 6.07. The highest BCUT2D eigenvalue weighted by atomic mass is 31.2. The number of aliphatic hydroxyl groups excluding tert-OH is 1. The second kappa shape index (κ2) is 33.5. The molecule has 53 heavy (non-hydrogen) atoms. The highest BCUT2D eigenvalue weighted by Crippen LogP contribution is 2.60. The lowest BCUT2D eigenvalue weighted by molar-refractivity contribution is 0.138. The Morgan fingerprint density at radius 3 is 1.06 bits per heavy atom. The van der Waals surface area contributed by atoms with Gasteiger partial charge in [0.25, 0.3) is 0 Å². The second-order valence-electron chi connectivity index (χ2n) is 17.6. The fraction of sp³-hybridized carbons (Fsp3) is 0.875. The number of aryl methyl sites for hydroxylation is 1. The van der Waals surface area contributed by atoms with Crippen molar-refractivity contribution in [2.24, 2.45) is 0 Å². The predicted molar refractivity (Wildman–Crippen MR) is 233 cm³/mol. The summed E-state index contributed by atoms with van der Waals surface area (Å²) in [5.74, 6) is -1.27. The zero-order valence-electron chi connectivity index (χ0n) is 36.5. The molecule has 0 saturated carbocycles. The smallest absolute Gasteiger partial charge is 0.363 e. The van der Waals surface area contributed by atoms with Crippen LogP contribution in [0.2, 0.25) is 0 Å². The van der Waals surface area contributed by atoms with Crippen molar-refractivity contribution in [1.29, 1.82) is 0 Å². The van der Waals surface area contributed by atoms with Crippen LogP contribution in [0.25, 0.3) is 0 Å². The van der Waals surface area contributed by atoms with Gasteiger partial charge in [0.05, 0.1) is 13.2 Å². The molecule has 0 saturated heterocycles. The van der Waals surface area contributed by atoms with Gasteiger partial charge < -0.3 is 14.2 Å². The Morgan fingerprint density at radius 1 is 0.491 bits per heavy atom. The van der Waals surface area contributed by atoms with E-state index in [9.17, 15) is 9.67 Å². The number of rotatable bonds is 38. The topological polar surface area (TPSA) is 55.8 Å². The molecule has 0 aliphatic heterocycles. The van der Waals surface area contributed by atoms with E-state index in [0.29, 0.717) is 18.8 Å². The SMILES string of the molecule is CCCCCCCCCCCCCCCCCCOP(=O)(OCCCCCCCCCCCCCCCCCC)C(O)c1cc(C)cc(C(C)(C)C)c1. The number of unbranched alkanes of at least 4 members (excludes halogenated alkanes) is 30. The summed E-state index contributed by atoms with van der Waals surface area (Å²) >= 11 is 0. The maximum atomic E-state index is 14.2. The molecule has 1 aromatic carbocycles. The monoisotopic (exact) mass is 763 g/mol. The highest BCUT2D eigenvalue weighted by Gasteiger charge is 2.36. The molecule has 0 radical (unpaired) electrons. The Hall–Kier alpha value is -0.670. The summed E-state index contributed by atoms with van der Waals surface area (Å²) in [4.78, 5) is 0. The van der Waals surface area contributed by atoms with E-state index in [0.717, 1.165) is 36.8 Å². The molecule has 0 fully saturated rings. The minimum absolute atomic E-state index is 0.0761. The zero-order valence-corrected chi connectivity index (χ0v) is 37.4. The quantitative estimate of drug-likeness (QED) is 0.0538. The molecule has 0 amide bonds. The summed E-state index contributed by atoms with van der Waals surface area (Å²) in [5, 5.41) is 11.5. The molecule has 1 N–H and O–H groups in total. The van der Waals surface area contributed by atoms with Crippen LogP contribution in [0, 0.1) is 6.92 Å². The Kier molecular flexibility index (Phi) is 31.8. The molecule has 0 aliphatic carbocycles. The molecule has 1 aromatic rings. The Balaban J connectivity index is 2.35. The first-order valence-electron chi connectivity index (χ1n) is 23.3. The lowest BCUT2D eigenvalue weighted by atomic mass is 9.85. The van der Waals surface area contributed by atoms with Gasteiger partial charge in [-0.05, 0) is 36.3 Å². The molecular formula is C48H91O4P. The summed E-state index contributed by atoms with van der Waals surface area (Å²) in [6.07, 6.45) is 42.0. The van der Waals surface area contributed by atoms with Crippen molar-refractivity contribution < 1.29 is 18.7 Å². The van der Waals surface area contributed by atoms with Crippen molar-refractivity contribution >= 4 is 7.60 Å². The fourth-order valence-corrected chi connectivity index (χ4v) is 9.08. The fourth-order valence-electron chi connectivity index (χ4n) is 7.44. The zero-order chi connectivity index (χ0) is 38.9. The van der Waals surface area contributed by atoms with Gasteiger partial charge in [-0.1, -0.05) is 251 Å². The lowest BCUT2D eigenvalue weighted by Gasteiger charge is -2.26. The van der Waals surface area contributed by atoms with Gasteiger partial charge >= 0.3 is 7.60 Å². The molecular weight excluding hydrogens is 671 g/mol. The highest BCUT2D eigenvalue weighted by molar-refractivity contribution is 7.54. The van der Waals surface area contributed by atoms with Gasteiger partial charge in [0.2, 0.25) is 0 Å². The van der Waals surface area contributed by atoms with E-state index in [4.69, 9.17) is 9.05 Å². The maximum absolute atomic E-state index is 14.2. The van der Waals surface area contributed by atoms with Crippen molar-refractivity contribution in [2.45, 2.75) is 258 Å². The molecule has 0 aliphatic rings. The number of hydrogen-bond acceptors (Lipinski definition) is 4. The molecule has 4 nitrogen and oxygen atoms in total. The predicted octanol–water partition coefficient (Wildman–Crippen LogP) is 17.0. The third-order valence-electron chi connectivity index (χ3n) is 11.1. The average molecular weight is 763 g/mol. The van der Waals surface area contributed by atoms with Crippen LogP contribution < -0.4 is 0 Å². The minimum atomic E-state index is -3.75. The van der Waals surface area contributed by atoms with E-state index in [2.05, 4.69) is 40.7 Å². The molecule has 1 rings (SSSR count). The third-order valence-corrected chi connectivity index (χ3v) is 13.1. The lowest BCUT2D eigenvalue weighted by Crippen LogP contribution is -2.14. The van der Waals surface area contributed by atoms with E-state index in [1.165, 1.54) is 180 Å². The average Bonchev–Trinajstić information content (AvgIpc) is 3.13. The minimum Gasteiger partial charge on any atom is -0.376 e. The van der Waals surface area contributed by atoms with Crippen molar-refractivity contribution in [3.63, 3.8) is 0 Å². The van der Waals surface area contributed by atoms with Crippen LogP contribution >= 0.6 is 7.60 Å². The van der Waals surface area contributed by atoms with E-state index in [-0.39, 0.29) is 5.41 Å². The van der Waals surface area contributed by atoms with Crippen LogP contribution in [-0.2, 0) is 19.0 Å². The molecule has 5 heteroatoms. The second-order valence-corrected chi connectivity index (χ2v) is 19.7. The van der Waals surface area contributed by atoms with E-state index in [1.807, 2.05) is 19.1 Å². The molecule has 0 spiro atoms. The van der Waals surface area contributed by atoms with Crippen molar-refractivity contribution in [3.8, 4) is 0 Å². The third kappa shape index (κ3) is 27.6. The van der Waals surface area contributed by atoms with Gasteiger partial charge in [-0.15, -0.1) is 0 Å². The van der Waals surface area contributed by atoms with Crippen molar-refractivity contribution in [1.82, 2.24) is 0 Å². The van der Waals surface area contributed by atoms with Crippen LogP contribution in [-0.4, -0.2) is 18.3 Å². The maximum Gasteiger partial charge on any atom is 0.363 e. The first kappa shape index (κ1) is 50.3. The van der Waals surface area contributed by atoms with Gasteiger partial charge in [-0.2, -0.15) is 0 Å². The Morgan fingerprint density at radius 2 is 0.774 bits per heavy atom. The van der Waals surface area contributed by atoms with Gasteiger partial charge in [-0.3, -0.25) is 4.57 Å². The number of aliphatic hydroxyl groups is 1. The standard InChI is InChI=1S/C48H91O4P/c1-7-9-11-13-15-17-19-21-23-25-27-29-31-33-35-37-39-51-53(50,47(49)45-41-44(3)42-46(43-45)48(4,5)6)52-40-38-36-34-32-30-28-26-24-22-20-18-16-14-12-10-8-2/h41-43,47,49H,7-40H2,1-6H3. The van der Waals surface area contributed by atoms with Crippen molar-refractivity contribution in [2.75, 3.05) is 13.2 Å². The summed E-state index contributed by atoms with van der Waals surface area (Å²) < 4.78 is 26.3. The van der Waals surface area contributed by atoms with E-state index >= 15 is 0 Å². The molecule has 0 bridgehead atoms. The Bertz CT molecular complexity index is 960. The number of benzene rings is 1. The molecule has 0 aromatic heterocycles. The largest absolute Gasteiger partial charge is 0.376 e.